The molecule has 0 amide bonds. The average Bonchev–Trinajstić information content (AvgIpc) is 2.90. The summed E-state index contributed by atoms with van der Waals surface area (Å²) >= 11 is 1.62. The van der Waals surface area contributed by atoms with Crippen LogP contribution in [-0.2, 0) is 0 Å². The van der Waals surface area contributed by atoms with Gasteiger partial charge in [-0.2, -0.15) is 5.26 Å². The SMILES string of the molecule is CCC(N)C(Oc1ccc(C#N)c(F)c1)c1ccc(C)s1. The smallest absolute Gasteiger partial charge is 0.148 e. The van der Waals surface area contributed by atoms with Gasteiger partial charge in [0.1, 0.15) is 23.7 Å². The van der Waals surface area contributed by atoms with Gasteiger partial charge in [0, 0.05) is 21.9 Å². The molecule has 0 fully saturated rings. The Morgan fingerprint density at radius 3 is 2.67 bits per heavy atom. The number of nitrogens with zero attached hydrogens (tertiary/aromatic N) is 1. The molecule has 1 heterocycles. The minimum atomic E-state index is -0.582. The summed E-state index contributed by atoms with van der Waals surface area (Å²) in [6.07, 6.45) is 0.432. The van der Waals surface area contributed by atoms with Crippen molar-refractivity contribution in [3.8, 4) is 11.8 Å². The molecule has 0 saturated carbocycles. The van der Waals surface area contributed by atoms with E-state index in [1.54, 1.807) is 23.5 Å². The molecule has 21 heavy (non-hydrogen) atoms. The van der Waals surface area contributed by atoms with E-state index in [-0.39, 0.29) is 17.7 Å². The Hall–Kier alpha value is -1.90. The standard InChI is InChI=1S/C16H17FN2OS/c1-3-14(19)16(15-7-4-10(2)21-15)20-12-6-5-11(9-18)13(17)8-12/h4-8,14,16H,3,19H2,1-2H3. The Labute approximate surface area is 127 Å². The normalized spacial score (nSPS) is 13.5. The van der Waals surface area contributed by atoms with Crippen LogP contribution in [0, 0.1) is 24.1 Å². The minimum absolute atomic E-state index is 0.00524. The lowest BCUT2D eigenvalue weighted by Gasteiger charge is -2.23. The van der Waals surface area contributed by atoms with E-state index in [1.807, 2.05) is 26.0 Å². The van der Waals surface area contributed by atoms with E-state index in [9.17, 15) is 4.39 Å². The molecule has 0 aliphatic carbocycles. The van der Waals surface area contributed by atoms with Gasteiger partial charge in [-0.15, -0.1) is 11.3 Å². The van der Waals surface area contributed by atoms with Crippen LogP contribution in [0.25, 0.3) is 0 Å². The van der Waals surface area contributed by atoms with Crippen molar-refractivity contribution in [3.05, 3.63) is 51.5 Å². The first-order valence-corrected chi connectivity index (χ1v) is 7.55. The highest BCUT2D eigenvalue weighted by molar-refractivity contribution is 7.12. The predicted octanol–water partition coefficient (Wildman–Crippen LogP) is 3.92. The number of thiophene rings is 1. The van der Waals surface area contributed by atoms with E-state index in [0.717, 1.165) is 11.3 Å². The van der Waals surface area contributed by atoms with E-state index < -0.39 is 5.82 Å². The second kappa shape index (κ2) is 6.70. The Kier molecular flexibility index (Phi) is 4.94. The molecule has 0 spiro atoms. The molecule has 1 aromatic heterocycles. The fourth-order valence-corrected chi connectivity index (χ4v) is 2.97. The molecule has 5 heteroatoms. The summed E-state index contributed by atoms with van der Waals surface area (Å²) < 4.78 is 19.5. The summed E-state index contributed by atoms with van der Waals surface area (Å²) in [5, 5.41) is 8.75. The molecule has 3 nitrogen and oxygen atoms in total. The van der Waals surface area contributed by atoms with Crippen molar-refractivity contribution in [3.63, 3.8) is 0 Å². The molecule has 2 rings (SSSR count). The number of hydrogen-bond donors (Lipinski definition) is 1. The zero-order valence-electron chi connectivity index (χ0n) is 12.0. The van der Waals surface area contributed by atoms with Gasteiger partial charge in [-0.1, -0.05) is 6.92 Å². The van der Waals surface area contributed by atoms with Crippen molar-refractivity contribution in [1.82, 2.24) is 0 Å². The van der Waals surface area contributed by atoms with Gasteiger partial charge >= 0.3 is 0 Å². The molecule has 2 N–H and O–H groups in total. The quantitative estimate of drug-likeness (QED) is 0.910. The summed E-state index contributed by atoms with van der Waals surface area (Å²) in [6, 6.07) is 9.85. The van der Waals surface area contributed by atoms with Crippen LogP contribution in [0.2, 0.25) is 0 Å². The maximum absolute atomic E-state index is 13.7. The van der Waals surface area contributed by atoms with Gasteiger partial charge < -0.3 is 10.5 Å². The van der Waals surface area contributed by atoms with Crippen LogP contribution < -0.4 is 10.5 Å². The number of halogens is 1. The van der Waals surface area contributed by atoms with Gasteiger partial charge in [-0.25, -0.2) is 4.39 Å². The van der Waals surface area contributed by atoms with Gasteiger partial charge in [-0.3, -0.25) is 0 Å². The summed E-state index contributed by atoms with van der Waals surface area (Å²) in [7, 11) is 0. The third kappa shape index (κ3) is 3.60. The van der Waals surface area contributed by atoms with Crippen LogP contribution in [0.4, 0.5) is 4.39 Å². The van der Waals surface area contributed by atoms with E-state index in [0.29, 0.717) is 5.75 Å². The van der Waals surface area contributed by atoms with Crippen molar-refractivity contribution in [1.29, 1.82) is 5.26 Å². The molecule has 2 unspecified atom stereocenters. The maximum Gasteiger partial charge on any atom is 0.148 e. The van der Waals surface area contributed by atoms with Crippen LogP contribution in [-0.4, -0.2) is 6.04 Å². The van der Waals surface area contributed by atoms with Crippen LogP contribution in [0.1, 0.15) is 34.8 Å². The molecule has 0 aliphatic rings. The number of aryl methyl sites for hydroxylation is 1. The molecule has 0 saturated heterocycles. The van der Waals surface area contributed by atoms with Crippen LogP contribution in [0.15, 0.2) is 30.3 Å². The number of hydrogen-bond acceptors (Lipinski definition) is 4. The highest BCUT2D eigenvalue weighted by Crippen LogP contribution is 2.31. The number of benzene rings is 1. The highest BCUT2D eigenvalue weighted by Gasteiger charge is 2.22. The monoisotopic (exact) mass is 304 g/mol. The van der Waals surface area contributed by atoms with Crippen molar-refractivity contribution >= 4 is 11.3 Å². The van der Waals surface area contributed by atoms with E-state index in [1.165, 1.54) is 17.0 Å². The minimum Gasteiger partial charge on any atom is -0.483 e. The average molecular weight is 304 g/mol. The van der Waals surface area contributed by atoms with E-state index in [2.05, 4.69) is 0 Å². The second-order valence-corrected chi connectivity index (χ2v) is 6.13. The molecule has 2 aromatic rings. The lowest BCUT2D eigenvalue weighted by atomic mass is 10.1. The number of rotatable bonds is 5. The summed E-state index contributed by atoms with van der Waals surface area (Å²) in [5.74, 6) is -0.201. The first-order valence-electron chi connectivity index (χ1n) is 6.73. The van der Waals surface area contributed by atoms with Crippen molar-refractivity contribution in [2.45, 2.75) is 32.4 Å². The van der Waals surface area contributed by atoms with E-state index in [4.69, 9.17) is 15.7 Å². The fourth-order valence-electron chi connectivity index (χ4n) is 1.98. The van der Waals surface area contributed by atoms with E-state index >= 15 is 0 Å². The molecule has 2 atom stereocenters. The molecular formula is C16H17FN2OS. The Balaban J connectivity index is 2.27. The van der Waals surface area contributed by atoms with Crippen LogP contribution in [0.3, 0.4) is 0 Å². The molecule has 110 valence electrons. The number of nitrogens with two attached hydrogens (primary N) is 1. The zero-order chi connectivity index (χ0) is 15.4. The predicted molar refractivity (Wildman–Crippen MR) is 81.8 cm³/mol. The van der Waals surface area contributed by atoms with Crippen molar-refractivity contribution < 1.29 is 9.13 Å². The molecule has 0 aliphatic heterocycles. The Morgan fingerprint density at radius 2 is 2.14 bits per heavy atom. The summed E-state index contributed by atoms with van der Waals surface area (Å²) in [4.78, 5) is 2.19. The lowest BCUT2D eigenvalue weighted by Crippen LogP contribution is -2.30. The van der Waals surface area contributed by atoms with Gasteiger partial charge in [0.05, 0.1) is 5.56 Å². The zero-order valence-corrected chi connectivity index (χ0v) is 12.8. The maximum atomic E-state index is 13.7. The highest BCUT2D eigenvalue weighted by atomic mass is 32.1. The first-order chi connectivity index (χ1) is 10.0. The van der Waals surface area contributed by atoms with Crippen LogP contribution >= 0.6 is 11.3 Å². The third-order valence-corrected chi connectivity index (χ3v) is 4.29. The summed E-state index contributed by atoms with van der Waals surface area (Å²) in [5.41, 5.74) is 6.14. The van der Waals surface area contributed by atoms with Gasteiger partial charge in [0.2, 0.25) is 0 Å². The molecule has 1 aromatic carbocycles. The topological polar surface area (TPSA) is 59.0 Å². The molecule has 0 radical (unpaired) electrons. The Morgan fingerprint density at radius 1 is 1.38 bits per heavy atom. The third-order valence-electron chi connectivity index (χ3n) is 3.23. The fraction of sp³-hybridized carbons (Fsp3) is 0.312. The molecule has 0 bridgehead atoms. The van der Waals surface area contributed by atoms with Gasteiger partial charge in [-0.05, 0) is 37.6 Å². The van der Waals surface area contributed by atoms with Crippen molar-refractivity contribution in [2.75, 3.05) is 0 Å². The van der Waals surface area contributed by atoms with Crippen molar-refractivity contribution in [2.24, 2.45) is 5.73 Å². The first kappa shape index (κ1) is 15.5. The second-order valence-electron chi connectivity index (χ2n) is 4.81. The van der Waals surface area contributed by atoms with Gasteiger partial charge in [0.25, 0.3) is 0 Å². The van der Waals surface area contributed by atoms with Crippen LogP contribution in [0.5, 0.6) is 5.75 Å². The molecular weight excluding hydrogens is 287 g/mol. The number of nitriles is 1. The lowest BCUT2D eigenvalue weighted by molar-refractivity contribution is 0.174. The summed E-state index contributed by atoms with van der Waals surface area (Å²) in [6.45, 7) is 4.00. The van der Waals surface area contributed by atoms with Gasteiger partial charge in [0.15, 0.2) is 0 Å². The number of ether oxygens (including phenoxy) is 1. The Bertz CT molecular complexity index is 663. The largest absolute Gasteiger partial charge is 0.483 e.